The lowest BCUT2D eigenvalue weighted by molar-refractivity contribution is 0.320. The van der Waals surface area contributed by atoms with E-state index >= 15 is 0 Å². The van der Waals surface area contributed by atoms with Crippen LogP contribution in [0.3, 0.4) is 0 Å². The van der Waals surface area contributed by atoms with Gasteiger partial charge < -0.3 is 10.2 Å². The Morgan fingerprint density at radius 1 is 1.10 bits per heavy atom. The zero-order chi connectivity index (χ0) is 15.3. The van der Waals surface area contributed by atoms with E-state index in [1.54, 1.807) is 0 Å². The van der Waals surface area contributed by atoms with Crippen LogP contribution < -0.4 is 5.32 Å². The average molecular weight is 276 g/mol. The number of aryl methyl sites for hydroxylation is 2. The van der Waals surface area contributed by atoms with Gasteiger partial charge in [-0.3, -0.25) is 0 Å². The molecule has 1 N–H and O–H groups in total. The molecule has 2 heteroatoms. The number of rotatable bonds is 6. The first-order chi connectivity index (χ1) is 9.25. The molecule has 0 fully saturated rings. The summed E-state index contributed by atoms with van der Waals surface area (Å²) in [5, 5.41) is 3.21. The van der Waals surface area contributed by atoms with E-state index in [0.717, 1.165) is 19.6 Å². The van der Waals surface area contributed by atoms with Crippen LogP contribution in [-0.4, -0.2) is 32.1 Å². The first kappa shape index (κ1) is 17.2. The Labute approximate surface area is 125 Å². The van der Waals surface area contributed by atoms with Gasteiger partial charge in [0.05, 0.1) is 0 Å². The highest BCUT2D eigenvalue weighted by atomic mass is 15.1. The lowest BCUT2D eigenvalue weighted by Gasteiger charge is -2.24. The molecule has 20 heavy (non-hydrogen) atoms. The molecule has 0 aliphatic carbocycles. The van der Waals surface area contributed by atoms with Gasteiger partial charge in [0, 0.05) is 6.54 Å². The predicted molar refractivity (Wildman–Crippen MR) is 89.5 cm³/mol. The van der Waals surface area contributed by atoms with Gasteiger partial charge >= 0.3 is 0 Å². The summed E-state index contributed by atoms with van der Waals surface area (Å²) in [5.41, 5.74) is 6.01. The summed E-state index contributed by atoms with van der Waals surface area (Å²) in [6, 6.07) is 4.73. The minimum absolute atomic E-state index is 0.229. The van der Waals surface area contributed by atoms with Gasteiger partial charge in [-0.05, 0) is 75.1 Å². The Kier molecular flexibility index (Phi) is 6.22. The third-order valence-electron chi connectivity index (χ3n) is 3.96. The number of nitrogens with zero attached hydrogens (tertiary/aromatic N) is 1. The Hall–Kier alpha value is -0.860. The third kappa shape index (κ3) is 4.92. The molecule has 0 radical (unpaired) electrons. The number of nitrogens with one attached hydrogen (secondary N) is 1. The molecule has 0 amide bonds. The highest BCUT2D eigenvalue weighted by Crippen LogP contribution is 2.27. The van der Waals surface area contributed by atoms with Crippen molar-refractivity contribution in [3.63, 3.8) is 0 Å². The van der Waals surface area contributed by atoms with Crippen molar-refractivity contribution in [1.82, 2.24) is 10.2 Å². The van der Waals surface area contributed by atoms with Gasteiger partial charge in [-0.15, -0.1) is 0 Å². The van der Waals surface area contributed by atoms with E-state index in [2.05, 4.69) is 64.0 Å². The van der Waals surface area contributed by atoms with E-state index in [4.69, 9.17) is 0 Å². The monoisotopic (exact) mass is 276 g/mol. The standard InChI is InChI=1S/C18H32N2/c1-14-11-16(18(3,4)5)12-15(2)17(14)13-20(7)10-8-9-19-6/h11-12,19H,8-10,13H2,1-7H3. The lowest BCUT2D eigenvalue weighted by Crippen LogP contribution is -2.23. The average Bonchev–Trinajstić information content (AvgIpc) is 2.32. The van der Waals surface area contributed by atoms with Crippen LogP contribution in [0.4, 0.5) is 0 Å². The van der Waals surface area contributed by atoms with E-state index in [9.17, 15) is 0 Å². The van der Waals surface area contributed by atoms with Gasteiger partial charge in [-0.25, -0.2) is 0 Å². The topological polar surface area (TPSA) is 15.3 Å². The van der Waals surface area contributed by atoms with E-state index in [1.807, 2.05) is 7.05 Å². The number of benzene rings is 1. The first-order valence-corrected chi connectivity index (χ1v) is 7.69. The molecule has 0 aromatic heterocycles. The van der Waals surface area contributed by atoms with Crippen LogP contribution in [0.25, 0.3) is 0 Å². The number of hydrogen-bond donors (Lipinski definition) is 1. The summed E-state index contributed by atoms with van der Waals surface area (Å²) in [7, 11) is 4.23. The summed E-state index contributed by atoms with van der Waals surface area (Å²) in [6.07, 6.45) is 1.20. The number of hydrogen-bond acceptors (Lipinski definition) is 2. The maximum Gasteiger partial charge on any atom is 0.0235 e. The molecule has 0 unspecified atom stereocenters. The first-order valence-electron chi connectivity index (χ1n) is 7.69. The second-order valence-corrected chi connectivity index (χ2v) is 7.03. The maximum absolute atomic E-state index is 3.21. The maximum atomic E-state index is 3.21. The van der Waals surface area contributed by atoms with Crippen LogP contribution >= 0.6 is 0 Å². The zero-order valence-corrected chi connectivity index (χ0v) is 14.4. The fraction of sp³-hybridized carbons (Fsp3) is 0.667. The normalized spacial score (nSPS) is 12.2. The van der Waals surface area contributed by atoms with Crippen molar-refractivity contribution in [1.29, 1.82) is 0 Å². The van der Waals surface area contributed by atoms with Crippen LogP contribution in [0, 0.1) is 13.8 Å². The zero-order valence-electron chi connectivity index (χ0n) is 14.4. The molecule has 0 aliphatic rings. The van der Waals surface area contributed by atoms with Crippen molar-refractivity contribution in [2.45, 2.75) is 53.0 Å². The smallest absolute Gasteiger partial charge is 0.0235 e. The van der Waals surface area contributed by atoms with Crippen molar-refractivity contribution in [3.8, 4) is 0 Å². The van der Waals surface area contributed by atoms with Gasteiger partial charge in [-0.1, -0.05) is 32.9 Å². The summed E-state index contributed by atoms with van der Waals surface area (Å²) in [6.45, 7) is 14.6. The van der Waals surface area contributed by atoms with Crippen molar-refractivity contribution in [2.75, 3.05) is 27.2 Å². The molecule has 0 bridgehead atoms. The molecular formula is C18H32N2. The molecular weight excluding hydrogens is 244 g/mol. The van der Waals surface area contributed by atoms with Crippen molar-refractivity contribution < 1.29 is 0 Å². The summed E-state index contributed by atoms with van der Waals surface area (Å²) < 4.78 is 0. The largest absolute Gasteiger partial charge is 0.320 e. The minimum atomic E-state index is 0.229. The van der Waals surface area contributed by atoms with Crippen LogP contribution in [-0.2, 0) is 12.0 Å². The molecule has 0 heterocycles. The van der Waals surface area contributed by atoms with Crippen LogP contribution in [0.1, 0.15) is 49.4 Å². The van der Waals surface area contributed by atoms with Crippen LogP contribution in [0.15, 0.2) is 12.1 Å². The van der Waals surface area contributed by atoms with Gasteiger partial charge in [0.15, 0.2) is 0 Å². The molecule has 114 valence electrons. The summed E-state index contributed by atoms with van der Waals surface area (Å²) in [4.78, 5) is 2.42. The third-order valence-corrected chi connectivity index (χ3v) is 3.96. The van der Waals surface area contributed by atoms with Crippen LogP contribution in [0.5, 0.6) is 0 Å². The Morgan fingerprint density at radius 2 is 1.65 bits per heavy atom. The molecule has 1 rings (SSSR count). The van der Waals surface area contributed by atoms with E-state index in [1.165, 1.54) is 28.7 Å². The molecule has 1 aromatic rings. The fourth-order valence-electron chi connectivity index (χ4n) is 2.55. The molecule has 0 saturated heterocycles. The predicted octanol–water partition coefficient (Wildman–Crippen LogP) is 3.64. The quantitative estimate of drug-likeness (QED) is 0.798. The van der Waals surface area contributed by atoms with Crippen molar-refractivity contribution >= 4 is 0 Å². The molecule has 0 aliphatic heterocycles. The Morgan fingerprint density at radius 3 is 2.10 bits per heavy atom. The fourth-order valence-corrected chi connectivity index (χ4v) is 2.55. The second-order valence-electron chi connectivity index (χ2n) is 7.03. The van der Waals surface area contributed by atoms with E-state index < -0.39 is 0 Å². The van der Waals surface area contributed by atoms with Gasteiger partial charge in [0.2, 0.25) is 0 Å². The van der Waals surface area contributed by atoms with Crippen molar-refractivity contribution in [2.24, 2.45) is 0 Å². The van der Waals surface area contributed by atoms with Crippen LogP contribution in [0.2, 0.25) is 0 Å². The minimum Gasteiger partial charge on any atom is -0.320 e. The second kappa shape index (κ2) is 7.24. The molecule has 0 atom stereocenters. The highest BCUT2D eigenvalue weighted by Gasteiger charge is 2.16. The molecule has 1 aromatic carbocycles. The summed E-state index contributed by atoms with van der Waals surface area (Å²) >= 11 is 0. The Balaban J connectivity index is 2.81. The lowest BCUT2D eigenvalue weighted by atomic mass is 9.84. The highest BCUT2D eigenvalue weighted by molar-refractivity contribution is 5.40. The van der Waals surface area contributed by atoms with Crippen molar-refractivity contribution in [3.05, 3.63) is 34.4 Å². The molecule has 2 nitrogen and oxygen atoms in total. The van der Waals surface area contributed by atoms with Gasteiger partial charge in [-0.2, -0.15) is 0 Å². The SMILES string of the molecule is CNCCCN(C)Cc1c(C)cc(C(C)(C)C)cc1C. The summed E-state index contributed by atoms with van der Waals surface area (Å²) in [5.74, 6) is 0. The molecule has 0 spiro atoms. The van der Waals surface area contributed by atoms with Gasteiger partial charge in [0.1, 0.15) is 0 Å². The Bertz CT molecular complexity index is 407. The van der Waals surface area contributed by atoms with E-state index in [-0.39, 0.29) is 5.41 Å². The molecule has 0 saturated carbocycles. The van der Waals surface area contributed by atoms with E-state index in [0.29, 0.717) is 0 Å². The van der Waals surface area contributed by atoms with Gasteiger partial charge in [0.25, 0.3) is 0 Å².